The van der Waals surface area contributed by atoms with Crippen LogP contribution in [0.15, 0.2) is 32.9 Å². The number of carboxylic acids is 2. The van der Waals surface area contributed by atoms with E-state index in [1.54, 1.807) is 13.0 Å². The first-order chi connectivity index (χ1) is 19.6. The third kappa shape index (κ3) is 5.55. The van der Waals surface area contributed by atoms with Gasteiger partial charge in [-0.15, -0.1) is 40.0 Å². The zero-order chi connectivity index (χ0) is 29.4. The van der Waals surface area contributed by atoms with E-state index >= 15 is 0 Å². The Morgan fingerprint density at radius 3 is 2.73 bits per heavy atom. The van der Waals surface area contributed by atoms with Crippen molar-refractivity contribution >= 4 is 75.2 Å². The highest BCUT2D eigenvalue weighted by molar-refractivity contribution is 8.01. The number of carboxylic acid groups (broad SMARTS) is 2. The van der Waals surface area contributed by atoms with E-state index in [4.69, 9.17) is 15.7 Å². The summed E-state index contributed by atoms with van der Waals surface area (Å²) in [5, 5.41) is 31.3. The molecule has 5 heterocycles. The van der Waals surface area contributed by atoms with Crippen LogP contribution in [0.2, 0.25) is 0 Å². The minimum atomic E-state index is -1.27. The average molecular weight is 620 g/mol. The summed E-state index contributed by atoms with van der Waals surface area (Å²) in [6, 6.07) is 0.742. The first-order valence-electron chi connectivity index (χ1n) is 11.7. The lowest BCUT2D eigenvalue weighted by atomic mass is 10.0. The number of amides is 2. The number of aryl methyl sites for hydroxylation is 1. The lowest BCUT2D eigenvalue weighted by Crippen LogP contribution is -2.71. The number of hydrogen-bond acceptors (Lipinski definition) is 14. The second-order valence-electron chi connectivity index (χ2n) is 8.65. The standard InChI is InChI=1S/C22H21N9O7S3/c1-8-3-12(31-22(24-8)26-11(28-31)4-13(32)33)39-5-9-6-40-19-15(18(35)30(19)16(9)20(36)37)27-17(34)14(29-38-2)10-7-41-21(23)25-10/h3,7,15,19H,4-6H2,1-2H3,(H2,23,25)(H,27,34)(H,32,33)(H,36,37)/t15-,19-/m1/s1. The van der Waals surface area contributed by atoms with Crippen LogP contribution in [0.5, 0.6) is 0 Å². The molecule has 0 saturated carbocycles. The molecule has 0 spiro atoms. The van der Waals surface area contributed by atoms with Gasteiger partial charge in [0.1, 0.15) is 41.4 Å². The zero-order valence-corrected chi connectivity index (χ0v) is 23.7. The molecule has 2 amide bonds. The monoisotopic (exact) mass is 619 g/mol. The number of nitrogens with zero attached hydrogens (tertiary/aromatic N) is 7. The number of anilines is 1. The summed E-state index contributed by atoms with van der Waals surface area (Å²) in [5.74, 6) is -2.86. The summed E-state index contributed by atoms with van der Waals surface area (Å²) < 4.78 is 1.41. The molecule has 3 aromatic rings. The third-order valence-electron chi connectivity index (χ3n) is 5.85. The molecule has 16 nitrogen and oxygen atoms in total. The van der Waals surface area contributed by atoms with E-state index in [0.717, 1.165) is 11.3 Å². The number of nitrogens with two attached hydrogens (primary N) is 1. The maximum absolute atomic E-state index is 13.1. The topological polar surface area (TPSA) is 228 Å². The van der Waals surface area contributed by atoms with E-state index in [1.165, 1.54) is 45.4 Å². The number of carbonyl (C=O) groups is 4. The maximum Gasteiger partial charge on any atom is 0.352 e. The van der Waals surface area contributed by atoms with Gasteiger partial charge in [0.25, 0.3) is 17.6 Å². The van der Waals surface area contributed by atoms with Crippen molar-refractivity contribution in [1.29, 1.82) is 0 Å². The zero-order valence-electron chi connectivity index (χ0n) is 21.3. The highest BCUT2D eigenvalue weighted by Gasteiger charge is 2.54. The van der Waals surface area contributed by atoms with E-state index in [0.29, 0.717) is 16.3 Å². The van der Waals surface area contributed by atoms with Crippen LogP contribution in [-0.2, 0) is 30.4 Å². The van der Waals surface area contributed by atoms with Crippen molar-refractivity contribution in [3.63, 3.8) is 0 Å². The van der Waals surface area contributed by atoms with Gasteiger partial charge in [-0.1, -0.05) is 5.16 Å². The van der Waals surface area contributed by atoms with Crippen LogP contribution < -0.4 is 11.1 Å². The predicted molar refractivity (Wildman–Crippen MR) is 147 cm³/mol. The predicted octanol–water partition coefficient (Wildman–Crippen LogP) is -0.0201. The van der Waals surface area contributed by atoms with Crippen LogP contribution in [-0.4, -0.2) is 99.2 Å². The SMILES string of the molecule is CON=C(C(=O)N[C@@H]1C(=O)N2C(C(=O)O)=C(CSc3cc(C)nc4nc(CC(=O)O)nn34)CS[C@H]12)c1csc(N)n1. The first-order valence-corrected chi connectivity index (χ1v) is 14.6. The molecule has 214 valence electrons. The van der Waals surface area contributed by atoms with Crippen molar-refractivity contribution in [1.82, 2.24) is 34.8 Å². The van der Waals surface area contributed by atoms with E-state index in [1.807, 2.05) is 0 Å². The molecule has 0 unspecified atom stereocenters. The number of thioether (sulfide) groups is 2. The van der Waals surface area contributed by atoms with E-state index in [9.17, 15) is 24.3 Å². The number of fused-ring (bicyclic) bond motifs is 2. The fourth-order valence-corrected chi connectivity index (χ4v) is 7.25. The van der Waals surface area contributed by atoms with E-state index in [2.05, 4.69) is 30.5 Å². The van der Waals surface area contributed by atoms with Gasteiger partial charge in [-0.05, 0) is 18.6 Å². The Morgan fingerprint density at radius 1 is 1.29 bits per heavy atom. The van der Waals surface area contributed by atoms with Crippen LogP contribution in [0.4, 0.5) is 5.13 Å². The Kier molecular flexibility index (Phi) is 7.82. The lowest BCUT2D eigenvalue weighted by molar-refractivity contribution is -0.150. The van der Waals surface area contributed by atoms with Crippen molar-refractivity contribution in [2.24, 2.45) is 5.16 Å². The van der Waals surface area contributed by atoms with Crippen molar-refractivity contribution in [3.05, 3.63) is 39.9 Å². The van der Waals surface area contributed by atoms with Crippen molar-refractivity contribution < 1.29 is 34.2 Å². The molecule has 1 fully saturated rings. The lowest BCUT2D eigenvalue weighted by Gasteiger charge is -2.49. The number of nitrogens with one attached hydrogen (secondary N) is 1. The average Bonchev–Trinajstić information content (AvgIpc) is 3.52. The summed E-state index contributed by atoms with van der Waals surface area (Å²) in [6.45, 7) is 1.75. The molecule has 2 atom stereocenters. The smallest absolute Gasteiger partial charge is 0.352 e. The number of hydrogen-bond donors (Lipinski definition) is 4. The maximum atomic E-state index is 13.1. The normalized spacial score (nSPS) is 18.7. The Hall–Kier alpha value is -4.23. The molecule has 19 heteroatoms. The largest absolute Gasteiger partial charge is 0.481 e. The summed E-state index contributed by atoms with van der Waals surface area (Å²) in [4.78, 5) is 67.8. The van der Waals surface area contributed by atoms with Crippen LogP contribution >= 0.6 is 34.9 Å². The van der Waals surface area contributed by atoms with Gasteiger partial charge in [-0.3, -0.25) is 19.3 Å². The van der Waals surface area contributed by atoms with Crippen LogP contribution in [0.1, 0.15) is 17.2 Å². The quantitative estimate of drug-likeness (QED) is 0.0769. The number of oxime groups is 1. The number of thiazole rings is 1. The van der Waals surface area contributed by atoms with Crippen LogP contribution in [0.25, 0.3) is 5.78 Å². The molecule has 41 heavy (non-hydrogen) atoms. The molecule has 2 aliphatic rings. The van der Waals surface area contributed by atoms with Gasteiger partial charge in [0.2, 0.25) is 0 Å². The molecule has 3 aromatic heterocycles. The second-order valence-corrected chi connectivity index (χ2v) is 11.6. The van der Waals surface area contributed by atoms with E-state index in [-0.39, 0.29) is 51.8 Å². The Bertz CT molecular complexity index is 1650. The van der Waals surface area contributed by atoms with Crippen molar-refractivity contribution in [3.8, 4) is 0 Å². The van der Waals surface area contributed by atoms with Gasteiger partial charge in [0.15, 0.2) is 16.7 Å². The highest BCUT2D eigenvalue weighted by atomic mass is 32.2. The van der Waals surface area contributed by atoms with Gasteiger partial charge in [0.05, 0.1) is 0 Å². The summed E-state index contributed by atoms with van der Waals surface area (Å²) >= 11 is 3.68. The van der Waals surface area contributed by atoms with Gasteiger partial charge >= 0.3 is 11.9 Å². The van der Waals surface area contributed by atoms with Gasteiger partial charge in [-0.25, -0.2) is 14.8 Å². The highest BCUT2D eigenvalue weighted by Crippen LogP contribution is 2.41. The number of nitrogen functional groups attached to an aromatic ring is 1. The molecule has 0 radical (unpaired) electrons. The molecule has 2 aliphatic heterocycles. The molecule has 1 saturated heterocycles. The summed E-state index contributed by atoms with van der Waals surface area (Å²) in [7, 11) is 1.26. The summed E-state index contributed by atoms with van der Waals surface area (Å²) in [6.07, 6.45) is -0.371. The molecule has 5 rings (SSSR count). The molecule has 5 N–H and O–H groups in total. The molecular formula is C22H21N9O7S3. The van der Waals surface area contributed by atoms with Gasteiger partial charge in [-0.2, -0.15) is 9.50 Å². The Morgan fingerprint density at radius 2 is 2.07 bits per heavy atom. The van der Waals surface area contributed by atoms with E-state index < -0.39 is 35.2 Å². The molecule has 0 bridgehead atoms. The third-order valence-corrected chi connectivity index (χ3v) is 8.95. The molecular weight excluding hydrogens is 598 g/mol. The fraction of sp³-hybridized carbons (Fsp3) is 0.318. The molecule has 0 aliphatic carbocycles. The van der Waals surface area contributed by atoms with Gasteiger partial charge < -0.3 is 26.1 Å². The van der Waals surface area contributed by atoms with Crippen molar-refractivity contribution in [2.45, 2.75) is 29.8 Å². The number of aromatic nitrogens is 5. The summed E-state index contributed by atoms with van der Waals surface area (Å²) in [5.41, 5.74) is 6.63. The molecule has 0 aromatic carbocycles. The first kappa shape index (κ1) is 28.3. The second kappa shape index (κ2) is 11.3. The minimum Gasteiger partial charge on any atom is -0.481 e. The van der Waals surface area contributed by atoms with Gasteiger partial charge in [0, 0.05) is 22.6 Å². The van der Waals surface area contributed by atoms with Crippen LogP contribution in [0, 0.1) is 6.92 Å². The van der Waals surface area contributed by atoms with Crippen LogP contribution in [0.3, 0.4) is 0 Å². The minimum absolute atomic E-state index is 0.0927. The number of rotatable bonds is 10. The fourth-order valence-electron chi connectivity index (χ4n) is 4.17. The Labute approximate surface area is 243 Å². The Balaban J connectivity index is 1.34. The number of aliphatic carboxylic acids is 2. The number of carbonyl (C=O) groups excluding carboxylic acids is 2. The van der Waals surface area contributed by atoms with Crippen molar-refractivity contribution in [2.75, 3.05) is 24.3 Å². The number of β-lactam (4-membered cyclic amide) rings is 1.